The molecule has 0 bridgehead atoms. The maximum absolute atomic E-state index is 12.9. The van der Waals surface area contributed by atoms with Gasteiger partial charge in [0.25, 0.3) is 5.91 Å². The van der Waals surface area contributed by atoms with Gasteiger partial charge in [-0.25, -0.2) is 9.80 Å². The minimum atomic E-state index is -0.424. The predicted octanol–water partition coefficient (Wildman–Crippen LogP) is 4.89. The molecule has 29 heavy (non-hydrogen) atoms. The van der Waals surface area contributed by atoms with Gasteiger partial charge >= 0.3 is 5.97 Å². The Morgan fingerprint density at radius 1 is 1.17 bits per heavy atom. The van der Waals surface area contributed by atoms with Crippen LogP contribution in [0.2, 0.25) is 0 Å². The van der Waals surface area contributed by atoms with Gasteiger partial charge in [0.2, 0.25) is 0 Å². The molecule has 0 saturated carbocycles. The molecule has 0 aromatic carbocycles. The van der Waals surface area contributed by atoms with E-state index < -0.39 is 5.97 Å². The molecule has 3 aromatic heterocycles. The van der Waals surface area contributed by atoms with E-state index in [-0.39, 0.29) is 18.6 Å². The minimum Gasteiger partial charge on any atom is -0.451 e. The van der Waals surface area contributed by atoms with E-state index in [9.17, 15) is 9.59 Å². The Morgan fingerprint density at radius 2 is 2.03 bits per heavy atom. The molecule has 0 spiro atoms. The van der Waals surface area contributed by atoms with E-state index in [1.54, 1.807) is 22.7 Å². The maximum Gasteiger partial charge on any atom is 0.348 e. The number of hydrogen-bond donors (Lipinski definition) is 0. The highest BCUT2D eigenvalue weighted by atomic mass is 32.1. The van der Waals surface area contributed by atoms with Crippen LogP contribution >= 0.6 is 34.0 Å². The molecule has 2 aliphatic rings. The molecule has 0 fully saturated rings. The van der Waals surface area contributed by atoms with E-state index in [0.717, 1.165) is 34.7 Å². The molecule has 0 saturated heterocycles. The van der Waals surface area contributed by atoms with Crippen molar-refractivity contribution in [2.45, 2.75) is 31.7 Å². The molecule has 1 aliphatic heterocycles. The predicted molar refractivity (Wildman–Crippen MR) is 116 cm³/mol. The lowest BCUT2D eigenvalue weighted by Gasteiger charge is -2.20. The number of nitrogens with zero attached hydrogens (tertiary/aromatic N) is 2. The molecule has 5 rings (SSSR count). The van der Waals surface area contributed by atoms with Gasteiger partial charge in [0, 0.05) is 16.2 Å². The smallest absolute Gasteiger partial charge is 0.348 e. The highest BCUT2D eigenvalue weighted by Crippen LogP contribution is 2.36. The molecule has 5 nitrogen and oxygen atoms in total. The first kappa shape index (κ1) is 18.7. The number of fused-ring (bicyclic) bond motifs is 1. The zero-order chi connectivity index (χ0) is 19.8. The van der Waals surface area contributed by atoms with Crippen LogP contribution in [0.3, 0.4) is 0 Å². The number of ether oxygens (including phenoxy) is 1. The lowest BCUT2D eigenvalue weighted by molar-refractivity contribution is -0.136. The first-order valence-electron chi connectivity index (χ1n) is 9.44. The van der Waals surface area contributed by atoms with Crippen LogP contribution in [0.15, 0.2) is 46.2 Å². The Morgan fingerprint density at radius 3 is 2.79 bits per heavy atom. The summed E-state index contributed by atoms with van der Waals surface area (Å²) in [6.07, 6.45) is 3.87. The second-order valence-corrected chi connectivity index (χ2v) is 10.1. The van der Waals surface area contributed by atoms with Crippen molar-refractivity contribution in [1.82, 2.24) is 5.01 Å². The van der Waals surface area contributed by atoms with Gasteiger partial charge in [0.15, 0.2) is 6.61 Å². The standard InChI is InChI=1S/C21H18N2O3S3/c24-20(12-26-21(25)19-10-13-4-1-5-16(13)29-19)23-15(18-7-3-9-28-18)11-14(22-23)17-6-2-8-27-17/h2-3,6-10,15H,1,4-5,11-12H2. The quantitative estimate of drug-likeness (QED) is 0.529. The summed E-state index contributed by atoms with van der Waals surface area (Å²) >= 11 is 4.70. The molecule has 0 N–H and O–H groups in total. The Balaban J connectivity index is 1.30. The third kappa shape index (κ3) is 3.68. The summed E-state index contributed by atoms with van der Waals surface area (Å²) in [6, 6.07) is 9.75. The van der Waals surface area contributed by atoms with Gasteiger partial charge in [-0.2, -0.15) is 5.10 Å². The molecule has 1 unspecified atom stereocenters. The summed E-state index contributed by atoms with van der Waals surface area (Å²) in [4.78, 5) is 29.3. The molecule has 0 radical (unpaired) electrons. The summed E-state index contributed by atoms with van der Waals surface area (Å²) < 4.78 is 5.35. The monoisotopic (exact) mass is 442 g/mol. The van der Waals surface area contributed by atoms with Crippen LogP contribution in [-0.2, 0) is 22.4 Å². The highest BCUT2D eigenvalue weighted by Gasteiger charge is 2.34. The fourth-order valence-corrected chi connectivity index (χ4v) is 6.41. The molecule has 4 heterocycles. The van der Waals surface area contributed by atoms with Crippen molar-refractivity contribution in [2.75, 3.05) is 6.61 Å². The van der Waals surface area contributed by atoms with Crippen molar-refractivity contribution in [2.24, 2.45) is 5.10 Å². The number of aryl methyl sites for hydroxylation is 2. The second kappa shape index (κ2) is 7.85. The van der Waals surface area contributed by atoms with E-state index in [4.69, 9.17) is 4.74 Å². The minimum absolute atomic E-state index is 0.149. The van der Waals surface area contributed by atoms with Gasteiger partial charge in [-0.15, -0.1) is 34.0 Å². The van der Waals surface area contributed by atoms with Crippen LogP contribution in [0.25, 0.3) is 0 Å². The number of hydrogen-bond acceptors (Lipinski definition) is 7. The summed E-state index contributed by atoms with van der Waals surface area (Å²) in [6.45, 7) is -0.301. The number of esters is 1. The van der Waals surface area contributed by atoms with E-state index >= 15 is 0 Å². The first-order valence-corrected chi connectivity index (χ1v) is 12.0. The Hall–Kier alpha value is -2.29. The van der Waals surface area contributed by atoms with Gasteiger partial charge in [-0.1, -0.05) is 12.1 Å². The van der Waals surface area contributed by atoms with Crippen molar-refractivity contribution in [3.8, 4) is 0 Å². The summed E-state index contributed by atoms with van der Waals surface area (Å²) in [7, 11) is 0. The van der Waals surface area contributed by atoms with Gasteiger partial charge in [-0.3, -0.25) is 4.79 Å². The van der Waals surface area contributed by atoms with E-state index in [1.165, 1.54) is 26.8 Å². The third-order valence-electron chi connectivity index (χ3n) is 5.12. The Kier molecular flexibility index (Phi) is 5.07. The lowest BCUT2D eigenvalue weighted by atomic mass is 10.1. The number of hydrazone groups is 1. The summed E-state index contributed by atoms with van der Waals surface area (Å²) in [5.74, 6) is -0.723. The van der Waals surface area contributed by atoms with Gasteiger partial charge in [0.05, 0.1) is 16.6 Å². The van der Waals surface area contributed by atoms with Crippen LogP contribution < -0.4 is 0 Å². The Labute approximate surface area is 180 Å². The van der Waals surface area contributed by atoms with E-state index in [1.807, 2.05) is 41.1 Å². The van der Waals surface area contributed by atoms with E-state index in [0.29, 0.717) is 11.3 Å². The zero-order valence-corrected chi connectivity index (χ0v) is 17.9. The van der Waals surface area contributed by atoms with Crippen molar-refractivity contribution in [3.63, 3.8) is 0 Å². The summed E-state index contributed by atoms with van der Waals surface area (Å²) in [5.41, 5.74) is 2.14. The number of rotatable bonds is 5. The molecular formula is C21H18N2O3S3. The maximum atomic E-state index is 12.9. The van der Waals surface area contributed by atoms with Crippen molar-refractivity contribution in [1.29, 1.82) is 0 Å². The highest BCUT2D eigenvalue weighted by molar-refractivity contribution is 7.14. The van der Waals surface area contributed by atoms with Crippen LogP contribution in [-0.4, -0.2) is 29.2 Å². The number of carbonyl (C=O) groups is 2. The molecule has 8 heteroatoms. The number of amides is 1. The van der Waals surface area contributed by atoms with Crippen molar-refractivity contribution < 1.29 is 14.3 Å². The molecule has 148 valence electrons. The molecule has 1 aliphatic carbocycles. The van der Waals surface area contributed by atoms with Gasteiger partial charge in [0.1, 0.15) is 4.88 Å². The van der Waals surface area contributed by atoms with Crippen LogP contribution in [0.4, 0.5) is 0 Å². The normalized spacial score (nSPS) is 18.0. The largest absolute Gasteiger partial charge is 0.451 e. The van der Waals surface area contributed by atoms with Gasteiger partial charge < -0.3 is 4.74 Å². The topological polar surface area (TPSA) is 59.0 Å². The fraction of sp³-hybridized carbons (Fsp3) is 0.286. The molecule has 1 atom stereocenters. The first-order chi connectivity index (χ1) is 14.2. The number of thiophene rings is 3. The third-order valence-corrected chi connectivity index (χ3v) is 8.23. The fourth-order valence-electron chi connectivity index (χ4n) is 3.73. The molecular weight excluding hydrogens is 424 g/mol. The average Bonchev–Trinajstić information content (AvgIpc) is 3.51. The molecule has 1 amide bonds. The van der Waals surface area contributed by atoms with Crippen LogP contribution in [0, 0.1) is 0 Å². The van der Waals surface area contributed by atoms with Crippen molar-refractivity contribution >= 4 is 51.6 Å². The molecule has 3 aromatic rings. The second-order valence-electron chi connectivity index (χ2n) is 6.99. The van der Waals surface area contributed by atoms with Crippen LogP contribution in [0.5, 0.6) is 0 Å². The Bertz CT molecular complexity index is 1050. The van der Waals surface area contributed by atoms with Gasteiger partial charge in [-0.05, 0) is 53.8 Å². The SMILES string of the molecule is O=C(OCC(=O)N1N=C(c2cccs2)CC1c1cccs1)c1cc2c(s1)CCC2. The lowest BCUT2D eigenvalue weighted by Crippen LogP contribution is -2.31. The average molecular weight is 443 g/mol. The zero-order valence-electron chi connectivity index (χ0n) is 15.5. The van der Waals surface area contributed by atoms with Crippen LogP contribution in [0.1, 0.15) is 48.8 Å². The number of carbonyl (C=O) groups excluding carboxylic acids is 2. The summed E-state index contributed by atoms with van der Waals surface area (Å²) in [5, 5.41) is 10.1. The van der Waals surface area contributed by atoms with E-state index in [2.05, 4.69) is 5.10 Å². The van der Waals surface area contributed by atoms with Crippen molar-refractivity contribution in [3.05, 3.63) is 66.2 Å².